The van der Waals surface area contributed by atoms with Gasteiger partial charge in [-0.2, -0.15) is 0 Å². The number of hydrogen-bond acceptors (Lipinski definition) is 3. The zero-order chi connectivity index (χ0) is 13.7. The lowest BCUT2D eigenvalue weighted by Gasteiger charge is -2.23. The van der Waals surface area contributed by atoms with Gasteiger partial charge in [-0.3, -0.25) is 0 Å². The number of benzene rings is 1. The summed E-state index contributed by atoms with van der Waals surface area (Å²) in [5, 5.41) is 3.60. The largest absolute Gasteiger partial charge is 0.491 e. The number of anilines is 1. The van der Waals surface area contributed by atoms with Crippen molar-refractivity contribution in [1.29, 1.82) is 0 Å². The summed E-state index contributed by atoms with van der Waals surface area (Å²) in [6.45, 7) is 9.66. The SMILES string of the molecule is CCC1CCN(c2ccc(OC(C)C)cc2)CCN1. The third-order valence-electron chi connectivity index (χ3n) is 3.63. The van der Waals surface area contributed by atoms with Crippen molar-refractivity contribution in [2.24, 2.45) is 0 Å². The predicted octanol–water partition coefficient (Wildman–Crippen LogP) is 3.05. The lowest BCUT2D eigenvalue weighted by molar-refractivity contribution is 0.242. The van der Waals surface area contributed by atoms with E-state index in [0.29, 0.717) is 6.04 Å². The summed E-state index contributed by atoms with van der Waals surface area (Å²) in [6, 6.07) is 9.16. The highest BCUT2D eigenvalue weighted by molar-refractivity contribution is 5.49. The quantitative estimate of drug-likeness (QED) is 0.902. The van der Waals surface area contributed by atoms with Crippen molar-refractivity contribution in [3.05, 3.63) is 24.3 Å². The molecule has 1 fully saturated rings. The maximum Gasteiger partial charge on any atom is 0.119 e. The Labute approximate surface area is 116 Å². The van der Waals surface area contributed by atoms with Gasteiger partial charge in [-0.25, -0.2) is 0 Å². The van der Waals surface area contributed by atoms with Crippen LogP contribution in [0.4, 0.5) is 5.69 Å². The lowest BCUT2D eigenvalue weighted by atomic mass is 10.1. The number of ether oxygens (including phenoxy) is 1. The summed E-state index contributed by atoms with van der Waals surface area (Å²) in [4.78, 5) is 2.46. The van der Waals surface area contributed by atoms with E-state index in [4.69, 9.17) is 4.74 Å². The van der Waals surface area contributed by atoms with Gasteiger partial charge in [-0.1, -0.05) is 6.92 Å². The Balaban J connectivity index is 1.97. The zero-order valence-electron chi connectivity index (χ0n) is 12.4. The molecule has 2 rings (SSSR count). The maximum absolute atomic E-state index is 5.68. The van der Waals surface area contributed by atoms with Crippen LogP contribution in [0, 0.1) is 0 Å². The normalized spacial score (nSPS) is 20.4. The third kappa shape index (κ3) is 4.13. The summed E-state index contributed by atoms with van der Waals surface area (Å²) in [5.41, 5.74) is 1.30. The molecule has 1 aromatic carbocycles. The van der Waals surface area contributed by atoms with E-state index in [1.165, 1.54) is 18.5 Å². The number of nitrogens with zero attached hydrogens (tertiary/aromatic N) is 1. The van der Waals surface area contributed by atoms with Gasteiger partial charge in [0.25, 0.3) is 0 Å². The van der Waals surface area contributed by atoms with E-state index in [2.05, 4.69) is 55.3 Å². The van der Waals surface area contributed by atoms with Gasteiger partial charge in [-0.05, 0) is 51.0 Å². The van der Waals surface area contributed by atoms with Crippen LogP contribution in [-0.4, -0.2) is 31.8 Å². The Morgan fingerprint density at radius 2 is 2.00 bits per heavy atom. The Bertz CT molecular complexity index is 375. The first-order chi connectivity index (χ1) is 9.19. The highest BCUT2D eigenvalue weighted by Gasteiger charge is 2.15. The number of rotatable bonds is 4. The second kappa shape index (κ2) is 6.80. The summed E-state index contributed by atoms with van der Waals surface area (Å²) >= 11 is 0. The van der Waals surface area contributed by atoms with Crippen molar-refractivity contribution in [3.63, 3.8) is 0 Å². The van der Waals surface area contributed by atoms with E-state index >= 15 is 0 Å². The van der Waals surface area contributed by atoms with Crippen molar-refractivity contribution in [2.45, 2.75) is 45.8 Å². The van der Waals surface area contributed by atoms with Gasteiger partial charge in [0.1, 0.15) is 5.75 Å². The van der Waals surface area contributed by atoms with Crippen molar-refractivity contribution in [3.8, 4) is 5.75 Å². The van der Waals surface area contributed by atoms with E-state index < -0.39 is 0 Å². The molecule has 106 valence electrons. The van der Waals surface area contributed by atoms with Crippen LogP contribution in [0.2, 0.25) is 0 Å². The minimum absolute atomic E-state index is 0.235. The van der Waals surface area contributed by atoms with Gasteiger partial charge in [0.15, 0.2) is 0 Å². The first kappa shape index (κ1) is 14.2. The Morgan fingerprint density at radius 1 is 1.26 bits per heavy atom. The second-order valence-corrected chi connectivity index (χ2v) is 5.50. The monoisotopic (exact) mass is 262 g/mol. The molecule has 0 radical (unpaired) electrons. The highest BCUT2D eigenvalue weighted by atomic mass is 16.5. The molecule has 1 aliphatic rings. The minimum atomic E-state index is 0.235. The molecule has 0 aromatic heterocycles. The van der Waals surface area contributed by atoms with Crippen LogP contribution in [0.1, 0.15) is 33.6 Å². The zero-order valence-corrected chi connectivity index (χ0v) is 12.4. The van der Waals surface area contributed by atoms with Gasteiger partial charge < -0.3 is 15.0 Å². The topological polar surface area (TPSA) is 24.5 Å². The Kier molecular flexibility index (Phi) is 5.08. The molecule has 0 amide bonds. The smallest absolute Gasteiger partial charge is 0.119 e. The van der Waals surface area contributed by atoms with Crippen molar-refractivity contribution >= 4 is 5.69 Å². The molecule has 0 saturated carbocycles. The first-order valence-corrected chi connectivity index (χ1v) is 7.44. The van der Waals surface area contributed by atoms with Crippen LogP contribution in [0.3, 0.4) is 0 Å². The summed E-state index contributed by atoms with van der Waals surface area (Å²) < 4.78 is 5.68. The van der Waals surface area contributed by atoms with Crippen LogP contribution in [0.5, 0.6) is 5.75 Å². The molecular weight excluding hydrogens is 236 g/mol. The molecular formula is C16H26N2O. The van der Waals surface area contributed by atoms with Gasteiger partial charge in [-0.15, -0.1) is 0 Å². The predicted molar refractivity (Wildman–Crippen MR) is 81.1 cm³/mol. The minimum Gasteiger partial charge on any atom is -0.491 e. The van der Waals surface area contributed by atoms with Crippen LogP contribution >= 0.6 is 0 Å². The molecule has 1 heterocycles. The van der Waals surface area contributed by atoms with Crippen LogP contribution in [-0.2, 0) is 0 Å². The number of nitrogens with one attached hydrogen (secondary N) is 1. The summed E-state index contributed by atoms with van der Waals surface area (Å²) in [5.74, 6) is 0.957. The van der Waals surface area contributed by atoms with Crippen LogP contribution in [0.15, 0.2) is 24.3 Å². The molecule has 1 atom stereocenters. The van der Waals surface area contributed by atoms with Gasteiger partial charge in [0.05, 0.1) is 6.10 Å². The fraction of sp³-hybridized carbons (Fsp3) is 0.625. The molecule has 0 aliphatic carbocycles. The molecule has 1 aromatic rings. The van der Waals surface area contributed by atoms with E-state index in [-0.39, 0.29) is 6.10 Å². The fourth-order valence-corrected chi connectivity index (χ4v) is 2.54. The van der Waals surface area contributed by atoms with E-state index in [1.54, 1.807) is 0 Å². The molecule has 1 saturated heterocycles. The van der Waals surface area contributed by atoms with Crippen molar-refractivity contribution < 1.29 is 4.74 Å². The standard InChI is InChI=1S/C16H26N2O/c1-4-14-9-11-18(12-10-17-14)15-5-7-16(8-6-15)19-13(2)3/h5-8,13-14,17H,4,9-12H2,1-3H3. The molecule has 0 bridgehead atoms. The fourth-order valence-electron chi connectivity index (χ4n) is 2.54. The highest BCUT2D eigenvalue weighted by Crippen LogP contribution is 2.21. The molecule has 1 aliphatic heterocycles. The van der Waals surface area contributed by atoms with E-state index in [9.17, 15) is 0 Å². The van der Waals surface area contributed by atoms with Gasteiger partial charge >= 0.3 is 0 Å². The van der Waals surface area contributed by atoms with Crippen LogP contribution in [0.25, 0.3) is 0 Å². The average Bonchev–Trinajstić information content (AvgIpc) is 2.64. The van der Waals surface area contributed by atoms with Gasteiger partial charge in [0.2, 0.25) is 0 Å². The van der Waals surface area contributed by atoms with Gasteiger partial charge in [0, 0.05) is 31.4 Å². The molecule has 3 heteroatoms. The summed E-state index contributed by atoms with van der Waals surface area (Å²) in [6.07, 6.45) is 2.67. The van der Waals surface area contributed by atoms with E-state index in [1.807, 2.05) is 0 Å². The lowest BCUT2D eigenvalue weighted by Crippen LogP contribution is -2.29. The second-order valence-electron chi connectivity index (χ2n) is 5.50. The molecule has 0 spiro atoms. The molecule has 3 nitrogen and oxygen atoms in total. The van der Waals surface area contributed by atoms with Crippen molar-refractivity contribution in [1.82, 2.24) is 5.32 Å². The Morgan fingerprint density at radius 3 is 2.63 bits per heavy atom. The molecule has 19 heavy (non-hydrogen) atoms. The molecule has 1 N–H and O–H groups in total. The average molecular weight is 262 g/mol. The van der Waals surface area contributed by atoms with Crippen molar-refractivity contribution in [2.75, 3.05) is 24.5 Å². The number of hydrogen-bond donors (Lipinski definition) is 1. The molecule has 1 unspecified atom stereocenters. The summed E-state index contributed by atoms with van der Waals surface area (Å²) in [7, 11) is 0. The first-order valence-electron chi connectivity index (χ1n) is 7.44. The Hall–Kier alpha value is -1.22. The third-order valence-corrected chi connectivity index (χ3v) is 3.63. The van der Waals surface area contributed by atoms with Crippen LogP contribution < -0.4 is 15.0 Å². The van der Waals surface area contributed by atoms with E-state index in [0.717, 1.165) is 25.4 Å². The maximum atomic E-state index is 5.68.